The molecule has 2 aromatic rings. The molecular formula is C20H21N3O3S. The highest BCUT2D eigenvalue weighted by atomic mass is 32.2. The number of benzene rings is 2. The van der Waals surface area contributed by atoms with Crippen molar-refractivity contribution in [3.8, 4) is 6.07 Å². The average molecular weight is 383 g/mol. The second kappa shape index (κ2) is 7.51. The van der Waals surface area contributed by atoms with Gasteiger partial charge in [0, 0.05) is 24.7 Å². The van der Waals surface area contributed by atoms with E-state index in [1.54, 1.807) is 55.1 Å². The largest absolute Gasteiger partial charge is 0.334 e. The Morgan fingerprint density at radius 1 is 1.19 bits per heavy atom. The van der Waals surface area contributed by atoms with Crippen LogP contribution in [0.4, 0.5) is 0 Å². The van der Waals surface area contributed by atoms with Crippen LogP contribution >= 0.6 is 0 Å². The maximum absolute atomic E-state index is 12.8. The number of rotatable bonds is 4. The summed E-state index contributed by atoms with van der Waals surface area (Å²) in [5.41, 5.74) is 2.78. The fraction of sp³-hybridized carbons (Fsp3) is 0.300. The molecule has 0 bridgehead atoms. The summed E-state index contributed by atoms with van der Waals surface area (Å²) in [6, 6.07) is 13.5. The molecule has 0 spiro atoms. The van der Waals surface area contributed by atoms with Crippen LogP contribution in [0.15, 0.2) is 47.4 Å². The van der Waals surface area contributed by atoms with E-state index < -0.39 is 10.0 Å². The third kappa shape index (κ3) is 4.18. The molecule has 1 heterocycles. The first-order chi connectivity index (χ1) is 12.8. The summed E-state index contributed by atoms with van der Waals surface area (Å²) in [5, 5.41) is 9.02. The number of amides is 1. The van der Waals surface area contributed by atoms with E-state index in [4.69, 9.17) is 5.26 Å². The van der Waals surface area contributed by atoms with Gasteiger partial charge in [-0.2, -0.15) is 5.26 Å². The molecule has 140 valence electrons. The standard InChI is InChI=1S/C20H21N3O3S/c1-14(2)22-27(25,26)19-7-6-16-8-9-23(13-18(16)11-19)20(24)17-5-3-4-15(10-17)12-21/h3-7,10-11,14,22H,8-9,13H2,1-2H3. The Hall–Kier alpha value is -2.69. The summed E-state index contributed by atoms with van der Waals surface area (Å²) in [6.45, 7) is 4.44. The lowest BCUT2D eigenvalue weighted by molar-refractivity contribution is 0.0734. The van der Waals surface area contributed by atoms with Gasteiger partial charge in [0.15, 0.2) is 0 Å². The highest BCUT2D eigenvalue weighted by molar-refractivity contribution is 7.89. The SMILES string of the molecule is CC(C)NS(=O)(=O)c1ccc2c(c1)CN(C(=O)c1cccc(C#N)c1)CC2. The van der Waals surface area contributed by atoms with Crippen LogP contribution in [-0.2, 0) is 23.0 Å². The number of carbonyl (C=O) groups is 1. The van der Waals surface area contributed by atoms with Crippen molar-refractivity contribution in [2.75, 3.05) is 6.54 Å². The summed E-state index contributed by atoms with van der Waals surface area (Å²) in [4.78, 5) is 14.7. The van der Waals surface area contributed by atoms with Crippen LogP contribution in [0.2, 0.25) is 0 Å². The van der Waals surface area contributed by atoms with E-state index >= 15 is 0 Å². The zero-order chi connectivity index (χ0) is 19.6. The van der Waals surface area contributed by atoms with Crippen LogP contribution in [-0.4, -0.2) is 31.8 Å². The average Bonchev–Trinajstić information content (AvgIpc) is 2.65. The third-order valence-corrected chi connectivity index (χ3v) is 6.07. The summed E-state index contributed by atoms with van der Waals surface area (Å²) < 4.78 is 27.4. The maximum atomic E-state index is 12.8. The summed E-state index contributed by atoms with van der Waals surface area (Å²) in [5.74, 6) is -0.161. The van der Waals surface area contributed by atoms with Gasteiger partial charge in [0.1, 0.15) is 0 Å². The molecule has 0 fully saturated rings. The first-order valence-electron chi connectivity index (χ1n) is 8.74. The molecular weight excluding hydrogens is 362 g/mol. The smallest absolute Gasteiger partial charge is 0.254 e. The minimum Gasteiger partial charge on any atom is -0.334 e. The molecule has 1 aliphatic rings. The van der Waals surface area contributed by atoms with Gasteiger partial charge < -0.3 is 4.90 Å². The van der Waals surface area contributed by atoms with Gasteiger partial charge in [0.05, 0.1) is 16.5 Å². The van der Waals surface area contributed by atoms with E-state index in [9.17, 15) is 13.2 Å². The zero-order valence-electron chi connectivity index (χ0n) is 15.3. The third-order valence-electron chi connectivity index (χ3n) is 4.42. The molecule has 0 atom stereocenters. The van der Waals surface area contributed by atoms with Crippen molar-refractivity contribution in [2.24, 2.45) is 0 Å². The molecule has 1 amide bonds. The van der Waals surface area contributed by atoms with Crippen LogP contribution in [0, 0.1) is 11.3 Å². The van der Waals surface area contributed by atoms with Crippen molar-refractivity contribution >= 4 is 15.9 Å². The normalized spacial score (nSPS) is 13.9. The van der Waals surface area contributed by atoms with Crippen LogP contribution < -0.4 is 4.72 Å². The second-order valence-electron chi connectivity index (χ2n) is 6.88. The Balaban J connectivity index is 1.86. The van der Waals surface area contributed by atoms with Gasteiger partial charge in [-0.15, -0.1) is 0 Å². The molecule has 1 aliphatic heterocycles. The van der Waals surface area contributed by atoms with Crippen LogP contribution in [0.3, 0.4) is 0 Å². The Bertz CT molecular complexity index is 1020. The van der Waals surface area contributed by atoms with Gasteiger partial charge in [0.25, 0.3) is 5.91 Å². The molecule has 0 aromatic heterocycles. The van der Waals surface area contributed by atoms with E-state index in [2.05, 4.69) is 4.72 Å². The maximum Gasteiger partial charge on any atom is 0.254 e. The Morgan fingerprint density at radius 2 is 1.96 bits per heavy atom. The number of sulfonamides is 1. The van der Waals surface area contributed by atoms with E-state index in [1.807, 2.05) is 12.1 Å². The number of nitriles is 1. The van der Waals surface area contributed by atoms with Gasteiger partial charge in [-0.3, -0.25) is 4.79 Å². The topological polar surface area (TPSA) is 90.3 Å². The lowest BCUT2D eigenvalue weighted by Crippen LogP contribution is -2.36. The Morgan fingerprint density at radius 3 is 2.67 bits per heavy atom. The fourth-order valence-corrected chi connectivity index (χ4v) is 4.46. The first kappa shape index (κ1) is 19.1. The van der Waals surface area contributed by atoms with Gasteiger partial charge in [-0.05, 0) is 61.7 Å². The van der Waals surface area contributed by atoms with E-state index in [-0.39, 0.29) is 16.8 Å². The molecule has 27 heavy (non-hydrogen) atoms. The lowest BCUT2D eigenvalue weighted by atomic mass is 9.99. The fourth-order valence-electron chi connectivity index (χ4n) is 3.16. The molecule has 1 N–H and O–H groups in total. The molecule has 2 aromatic carbocycles. The number of hydrogen-bond donors (Lipinski definition) is 1. The number of nitrogens with zero attached hydrogens (tertiary/aromatic N) is 2. The van der Waals surface area contributed by atoms with Crippen LogP contribution in [0.1, 0.15) is 40.9 Å². The summed E-state index contributed by atoms with van der Waals surface area (Å²) >= 11 is 0. The molecule has 7 heteroatoms. The van der Waals surface area contributed by atoms with Gasteiger partial charge >= 0.3 is 0 Å². The predicted octanol–water partition coefficient (Wildman–Crippen LogP) is 2.44. The molecule has 0 saturated carbocycles. The number of hydrogen-bond acceptors (Lipinski definition) is 4. The summed E-state index contributed by atoms with van der Waals surface area (Å²) in [6.07, 6.45) is 0.664. The Kier molecular flexibility index (Phi) is 5.31. The molecule has 0 radical (unpaired) electrons. The Labute approximate surface area is 159 Å². The van der Waals surface area contributed by atoms with E-state index in [0.717, 1.165) is 11.1 Å². The van der Waals surface area contributed by atoms with Crippen molar-refractivity contribution in [1.82, 2.24) is 9.62 Å². The van der Waals surface area contributed by atoms with Crippen LogP contribution in [0.25, 0.3) is 0 Å². The molecule has 0 aliphatic carbocycles. The van der Waals surface area contributed by atoms with Crippen molar-refractivity contribution in [1.29, 1.82) is 5.26 Å². The molecule has 0 saturated heterocycles. The van der Waals surface area contributed by atoms with E-state index in [0.29, 0.717) is 30.6 Å². The van der Waals surface area contributed by atoms with Crippen molar-refractivity contribution in [3.63, 3.8) is 0 Å². The second-order valence-corrected chi connectivity index (χ2v) is 8.59. The minimum atomic E-state index is -3.58. The van der Waals surface area contributed by atoms with Gasteiger partial charge in [0.2, 0.25) is 10.0 Å². The molecule has 3 rings (SSSR count). The monoisotopic (exact) mass is 383 g/mol. The first-order valence-corrected chi connectivity index (χ1v) is 10.2. The number of carbonyl (C=O) groups excluding carboxylic acids is 1. The highest BCUT2D eigenvalue weighted by Gasteiger charge is 2.24. The number of fused-ring (bicyclic) bond motifs is 1. The summed E-state index contributed by atoms with van der Waals surface area (Å²) in [7, 11) is -3.58. The van der Waals surface area contributed by atoms with Crippen LogP contribution in [0.5, 0.6) is 0 Å². The molecule has 0 unspecified atom stereocenters. The molecule has 6 nitrogen and oxygen atoms in total. The number of nitrogens with one attached hydrogen (secondary N) is 1. The van der Waals surface area contributed by atoms with E-state index in [1.165, 1.54) is 0 Å². The predicted molar refractivity (Wildman–Crippen MR) is 102 cm³/mol. The minimum absolute atomic E-state index is 0.161. The van der Waals surface area contributed by atoms with Crippen molar-refractivity contribution < 1.29 is 13.2 Å². The van der Waals surface area contributed by atoms with Crippen molar-refractivity contribution in [2.45, 2.75) is 37.8 Å². The van der Waals surface area contributed by atoms with Gasteiger partial charge in [-0.1, -0.05) is 12.1 Å². The quantitative estimate of drug-likeness (QED) is 0.878. The highest BCUT2D eigenvalue weighted by Crippen LogP contribution is 2.24. The lowest BCUT2D eigenvalue weighted by Gasteiger charge is -2.29. The van der Waals surface area contributed by atoms with Gasteiger partial charge in [-0.25, -0.2) is 13.1 Å². The zero-order valence-corrected chi connectivity index (χ0v) is 16.1. The van der Waals surface area contributed by atoms with Crippen molar-refractivity contribution in [3.05, 3.63) is 64.7 Å².